The quantitative estimate of drug-likeness (QED) is 0.442. The zero-order valence-corrected chi connectivity index (χ0v) is 13.5. The Hall–Kier alpha value is -3.68. The Kier molecular flexibility index (Phi) is 6.05. The second kappa shape index (κ2) is 8.43. The molecule has 2 rings (SSSR count). The molecule has 0 saturated heterocycles. The van der Waals surface area contributed by atoms with E-state index < -0.39 is 28.8 Å². The standard InChI is InChI=1S/C18H16N2O6/c21-14-4-2-1-3-11(14)9-19-7-8-20-10-12-5-6-13(17(23)24)15(16(12)22)18(25)26/h1-6,9-10,21-22H,7-8H2,(H,23,24)(H,25,26). The average molecular weight is 356 g/mol. The Morgan fingerprint density at radius 3 is 2.04 bits per heavy atom. The van der Waals surface area contributed by atoms with Gasteiger partial charge in [0.2, 0.25) is 0 Å². The fourth-order valence-electron chi connectivity index (χ4n) is 2.14. The number of carboxylic acids is 2. The van der Waals surface area contributed by atoms with Crippen molar-refractivity contribution >= 4 is 24.4 Å². The van der Waals surface area contributed by atoms with Gasteiger partial charge in [-0.05, 0) is 24.3 Å². The molecule has 0 aromatic heterocycles. The van der Waals surface area contributed by atoms with Gasteiger partial charge >= 0.3 is 11.9 Å². The van der Waals surface area contributed by atoms with E-state index in [0.717, 1.165) is 6.07 Å². The monoisotopic (exact) mass is 356 g/mol. The minimum atomic E-state index is -1.54. The van der Waals surface area contributed by atoms with E-state index in [0.29, 0.717) is 12.1 Å². The highest BCUT2D eigenvalue weighted by atomic mass is 16.4. The number of benzene rings is 2. The van der Waals surface area contributed by atoms with Crippen LogP contribution in [-0.4, -0.2) is 57.9 Å². The van der Waals surface area contributed by atoms with Crippen LogP contribution in [0.25, 0.3) is 0 Å². The maximum absolute atomic E-state index is 11.2. The summed E-state index contributed by atoms with van der Waals surface area (Å²) < 4.78 is 0. The van der Waals surface area contributed by atoms with E-state index in [4.69, 9.17) is 10.2 Å². The van der Waals surface area contributed by atoms with Crippen LogP contribution < -0.4 is 0 Å². The second-order valence-electron chi connectivity index (χ2n) is 5.17. The van der Waals surface area contributed by atoms with E-state index in [9.17, 15) is 19.8 Å². The van der Waals surface area contributed by atoms with Crippen LogP contribution >= 0.6 is 0 Å². The molecular weight excluding hydrogens is 340 g/mol. The van der Waals surface area contributed by atoms with Crippen molar-refractivity contribution in [2.75, 3.05) is 13.1 Å². The first kappa shape index (κ1) is 18.7. The molecule has 134 valence electrons. The zero-order valence-electron chi connectivity index (χ0n) is 13.5. The molecular formula is C18H16N2O6. The molecule has 0 radical (unpaired) electrons. The average Bonchev–Trinajstić information content (AvgIpc) is 2.59. The van der Waals surface area contributed by atoms with E-state index in [2.05, 4.69) is 9.98 Å². The van der Waals surface area contributed by atoms with Crippen molar-refractivity contribution in [3.8, 4) is 11.5 Å². The van der Waals surface area contributed by atoms with Gasteiger partial charge < -0.3 is 20.4 Å². The van der Waals surface area contributed by atoms with Crippen molar-refractivity contribution in [2.24, 2.45) is 9.98 Å². The van der Waals surface area contributed by atoms with Crippen LogP contribution in [0.4, 0.5) is 0 Å². The number of hydrogen-bond acceptors (Lipinski definition) is 6. The number of carboxylic acid groups (broad SMARTS) is 2. The highest BCUT2D eigenvalue weighted by Gasteiger charge is 2.22. The normalized spacial score (nSPS) is 11.2. The minimum Gasteiger partial charge on any atom is -0.507 e. The van der Waals surface area contributed by atoms with Crippen LogP contribution in [-0.2, 0) is 0 Å². The molecule has 0 bridgehead atoms. The fraction of sp³-hybridized carbons (Fsp3) is 0.111. The van der Waals surface area contributed by atoms with Gasteiger partial charge in [0.05, 0.1) is 18.7 Å². The SMILES string of the molecule is O=C(O)c1ccc(C=NCCN=Cc2ccccc2O)c(O)c1C(=O)O. The zero-order chi connectivity index (χ0) is 19.1. The number of para-hydroxylation sites is 1. The number of phenols is 2. The minimum absolute atomic E-state index is 0.0945. The van der Waals surface area contributed by atoms with Crippen molar-refractivity contribution in [3.63, 3.8) is 0 Å². The van der Waals surface area contributed by atoms with Gasteiger partial charge in [-0.3, -0.25) is 9.98 Å². The van der Waals surface area contributed by atoms with E-state index >= 15 is 0 Å². The van der Waals surface area contributed by atoms with Gasteiger partial charge in [-0.25, -0.2) is 9.59 Å². The van der Waals surface area contributed by atoms with Crippen molar-refractivity contribution in [2.45, 2.75) is 0 Å². The Labute approximate surface area is 148 Å². The summed E-state index contributed by atoms with van der Waals surface area (Å²) in [5.41, 5.74) is -0.514. The lowest BCUT2D eigenvalue weighted by molar-refractivity contribution is 0.0648. The summed E-state index contributed by atoms with van der Waals surface area (Å²) in [6.07, 6.45) is 2.76. The lowest BCUT2D eigenvalue weighted by Crippen LogP contribution is -2.09. The Balaban J connectivity index is 2.05. The number of aromatic hydroxyl groups is 2. The van der Waals surface area contributed by atoms with Crippen molar-refractivity contribution in [1.82, 2.24) is 0 Å². The molecule has 0 atom stereocenters. The molecule has 0 saturated carbocycles. The van der Waals surface area contributed by atoms with E-state index in [-0.39, 0.29) is 17.9 Å². The van der Waals surface area contributed by atoms with Gasteiger partial charge in [0.15, 0.2) is 0 Å². The number of nitrogens with zero attached hydrogens (tertiary/aromatic N) is 2. The van der Waals surface area contributed by atoms with Gasteiger partial charge in [-0.1, -0.05) is 12.1 Å². The predicted molar refractivity (Wildman–Crippen MR) is 95.1 cm³/mol. The Morgan fingerprint density at radius 2 is 1.46 bits per heavy atom. The number of rotatable bonds is 7. The van der Waals surface area contributed by atoms with Crippen LogP contribution in [0.15, 0.2) is 46.4 Å². The van der Waals surface area contributed by atoms with Crippen LogP contribution in [0, 0.1) is 0 Å². The van der Waals surface area contributed by atoms with E-state index in [1.165, 1.54) is 18.5 Å². The first-order chi connectivity index (χ1) is 12.4. The molecule has 2 aromatic rings. The van der Waals surface area contributed by atoms with E-state index in [1.807, 2.05) is 0 Å². The number of phenolic OH excluding ortho intramolecular Hbond substituents is 1. The molecule has 0 amide bonds. The third-order valence-electron chi connectivity index (χ3n) is 3.41. The number of aromatic carboxylic acids is 2. The topological polar surface area (TPSA) is 140 Å². The van der Waals surface area contributed by atoms with Gasteiger partial charge in [0.25, 0.3) is 0 Å². The van der Waals surface area contributed by atoms with Crippen LogP contribution in [0.5, 0.6) is 11.5 Å². The summed E-state index contributed by atoms with van der Waals surface area (Å²) in [6, 6.07) is 9.09. The molecule has 0 unspecified atom stereocenters. The highest BCUT2D eigenvalue weighted by Crippen LogP contribution is 2.25. The van der Waals surface area contributed by atoms with Crippen LogP contribution in [0.2, 0.25) is 0 Å². The summed E-state index contributed by atoms with van der Waals surface area (Å²) >= 11 is 0. The third kappa shape index (κ3) is 4.44. The summed E-state index contributed by atoms with van der Waals surface area (Å²) in [6.45, 7) is 0.567. The summed E-state index contributed by atoms with van der Waals surface area (Å²) in [7, 11) is 0. The molecule has 0 aliphatic heterocycles. The first-order valence-electron chi connectivity index (χ1n) is 7.52. The third-order valence-corrected chi connectivity index (χ3v) is 3.41. The molecule has 0 aliphatic carbocycles. The van der Waals surface area contributed by atoms with Crippen LogP contribution in [0.1, 0.15) is 31.8 Å². The molecule has 0 spiro atoms. The van der Waals surface area contributed by atoms with Crippen molar-refractivity contribution in [3.05, 3.63) is 58.7 Å². The van der Waals surface area contributed by atoms with Crippen LogP contribution in [0.3, 0.4) is 0 Å². The van der Waals surface area contributed by atoms with E-state index in [1.54, 1.807) is 24.3 Å². The predicted octanol–water partition coefficient (Wildman–Crippen LogP) is 2.03. The second-order valence-corrected chi connectivity index (χ2v) is 5.17. The highest BCUT2D eigenvalue weighted by molar-refractivity contribution is 6.06. The van der Waals surface area contributed by atoms with Gasteiger partial charge in [0.1, 0.15) is 17.1 Å². The molecule has 26 heavy (non-hydrogen) atoms. The summed E-state index contributed by atoms with van der Waals surface area (Å²) in [5.74, 6) is -3.52. The lowest BCUT2D eigenvalue weighted by atomic mass is 10.0. The Morgan fingerprint density at radius 1 is 0.846 bits per heavy atom. The maximum Gasteiger partial charge on any atom is 0.340 e. The fourth-order valence-corrected chi connectivity index (χ4v) is 2.14. The maximum atomic E-state index is 11.2. The molecule has 8 heteroatoms. The first-order valence-corrected chi connectivity index (χ1v) is 7.52. The molecule has 2 aromatic carbocycles. The number of aliphatic imine (C=N–C) groups is 2. The molecule has 0 aliphatic rings. The molecule has 8 nitrogen and oxygen atoms in total. The largest absolute Gasteiger partial charge is 0.507 e. The lowest BCUT2D eigenvalue weighted by Gasteiger charge is -2.06. The molecule has 0 fully saturated rings. The smallest absolute Gasteiger partial charge is 0.340 e. The van der Waals surface area contributed by atoms with Crippen molar-refractivity contribution in [1.29, 1.82) is 0 Å². The van der Waals surface area contributed by atoms with Gasteiger partial charge in [-0.15, -0.1) is 0 Å². The van der Waals surface area contributed by atoms with Crippen molar-refractivity contribution < 1.29 is 30.0 Å². The molecule has 4 N–H and O–H groups in total. The van der Waals surface area contributed by atoms with Gasteiger partial charge in [-0.2, -0.15) is 0 Å². The number of carbonyl (C=O) groups is 2. The van der Waals surface area contributed by atoms with Gasteiger partial charge in [0, 0.05) is 23.6 Å². The Bertz CT molecular complexity index is 889. The summed E-state index contributed by atoms with van der Waals surface area (Å²) in [4.78, 5) is 30.3. The number of hydrogen-bond donors (Lipinski definition) is 4. The summed E-state index contributed by atoms with van der Waals surface area (Å²) in [5, 5.41) is 37.6. The molecule has 0 heterocycles.